The number of sulfone groups is 1. The molecule has 11 heteroatoms. The fourth-order valence-corrected chi connectivity index (χ4v) is 4.32. The van der Waals surface area contributed by atoms with Crippen molar-refractivity contribution in [3.63, 3.8) is 0 Å². The molecule has 0 aliphatic rings. The fraction of sp³-hybridized carbons (Fsp3) is 0.190. The Morgan fingerprint density at radius 2 is 1.91 bits per heavy atom. The van der Waals surface area contributed by atoms with Crippen molar-refractivity contribution < 1.29 is 26.8 Å². The number of nitrogens with zero attached hydrogens (tertiary/aromatic N) is 2. The molecule has 2 heterocycles. The zero-order chi connectivity index (χ0) is 22.7. The molecule has 2 aromatic heterocycles. The number of nitrogens with one attached hydrogen (secondary N) is 1. The summed E-state index contributed by atoms with van der Waals surface area (Å²) in [5, 5.41) is 11.3. The molecule has 4 aromatic rings. The Morgan fingerprint density at radius 1 is 1.12 bits per heavy atom. The van der Waals surface area contributed by atoms with E-state index in [4.69, 9.17) is 25.2 Å². The monoisotopic (exact) mass is 475 g/mol. The van der Waals surface area contributed by atoms with Gasteiger partial charge in [-0.2, -0.15) is 0 Å². The summed E-state index contributed by atoms with van der Waals surface area (Å²) >= 11 is 5.78. The Labute approximate surface area is 188 Å². The zero-order valence-electron chi connectivity index (χ0n) is 16.9. The molecular formula is C21H18ClN3O6S. The van der Waals surface area contributed by atoms with Crippen LogP contribution in [0.15, 0.2) is 62.3 Å². The summed E-state index contributed by atoms with van der Waals surface area (Å²) < 4.78 is 41.5. The highest BCUT2D eigenvalue weighted by molar-refractivity contribution is 7.91. The van der Waals surface area contributed by atoms with Crippen LogP contribution >= 0.6 is 11.6 Å². The van der Waals surface area contributed by atoms with Crippen molar-refractivity contribution in [1.29, 1.82) is 0 Å². The van der Waals surface area contributed by atoms with Crippen molar-refractivity contribution in [3.8, 4) is 17.4 Å². The smallest absolute Gasteiger partial charge is 0.322 e. The lowest BCUT2D eigenvalue weighted by molar-refractivity contribution is -0.115. The first-order chi connectivity index (χ1) is 15.4. The lowest BCUT2D eigenvalue weighted by Gasteiger charge is -2.04. The summed E-state index contributed by atoms with van der Waals surface area (Å²) in [6, 6.07) is 12.8. The van der Waals surface area contributed by atoms with Crippen LogP contribution in [0, 0.1) is 0 Å². The molecule has 4 rings (SSSR count). The number of hydrogen-bond acceptors (Lipinski definition) is 8. The number of amides is 1. The van der Waals surface area contributed by atoms with Crippen LogP contribution in [-0.4, -0.2) is 36.9 Å². The number of halogens is 1. The molecule has 0 bridgehead atoms. The lowest BCUT2D eigenvalue weighted by Crippen LogP contribution is -2.17. The normalized spacial score (nSPS) is 11.6. The minimum Gasteiger partial charge on any atom is -0.490 e. The number of furan rings is 1. The Kier molecular flexibility index (Phi) is 6.15. The van der Waals surface area contributed by atoms with Crippen molar-refractivity contribution in [2.24, 2.45) is 0 Å². The predicted molar refractivity (Wildman–Crippen MR) is 117 cm³/mol. The number of aromatic nitrogens is 2. The average molecular weight is 476 g/mol. The van der Waals surface area contributed by atoms with Crippen LogP contribution in [-0.2, 0) is 14.6 Å². The van der Waals surface area contributed by atoms with Gasteiger partial charge in [-0.15, -0.1) is 5.10 Å². The largest absolute Gasteiger partial charge is 0.490 e. The van der Waals surface area contributed by atoms with E-state index in [1.807, 2.05) is 19.1 Å². The van der Waals surface area contributed by atoms with Gasteiger partial charge in [-0.05, 0) is 43.3 Å². The standard InChI is InChI=1S/C21H18ClN3O6S/c1-2-29-16-5-3-4-13-12-17(30-19(13)16)20-24-25-21(31-20)23-18(26)10-11-32(27,28)15-8-6-14(22)7-9-15/h3-9,12H,2,10-11H2,1H3,(H,23,25,26). The van der Waals surface area contributed by atoms with E-state index in [0.717, 1.165) is 5.39 Å². The molecule has 2 aromatic carbocycles. The minimum absolute atomic E-state index is 0.0627. The van der Waals surface area contributed by atoms with Gasteiger partial charge in [0.15, 0.2) is 26.9 Å². The number of benzene rings is 2. The van der Waals surface area contributed by atoms with Crippen LogP contribution in [0.1, 0.15) is 13.3 Å². The third-order valence-corrected chi connectivity index (χ3v) is 6.44. The van der Waals surface area contributed by atoms with Crippen molar-refractivity contribution in [2.75, 3.05) is 17.7 Å². The van der Waals surface area contributed by atoms with E-state index in [0.29, 0.717) is 28.7 Å². The highest BCUT2D eigenvalue weighted by atomic mass is 35.5. The Bertz CT molecular complexity index is 1360. The lowest BCUT2D eigenvalue weighted by atomic mass is 10.2. The molecule has 9 nitrogen and oxygen atoms in total. The van der Waals surface area contributed by atoms with Crippen LogP contribution in [0.4, 0.5) is 6.01 Å². The van der Waals surface area contributed by atoms with Crippen LogP contribution < -0.4 is 10.1 Å². The number of ether oxygens (including phenoxy) is 1. The van der Waals surface area contributed by atoms with Gasteiger partial charge in [0.25, 0.3) is 5.89 Å². The Balaban J connectivity index is 1.42. The molecule has 0 spiro atoms. The van der Waals surface area contributed by atoms with Gasteiger partial charge in [0, 0.05) is 16.8 Å². The topological polar surface area (TPSA) is 125 Å². The van der Waals surface area contributed by atoms with E-state index in [-0.39, 0.29) is 29.0 Å². The number of carbonyl (C=O) groups is 1. The summed E-state index contributed by atoms with van der Waals surface area (Å²) in [6.07, 6.45) is -0.287. The molecule has 0 fully saturated rings. The van der Waals surface area contributed by atoms with Crippen LogP contribution in [0.3, 0.4) is 0 Å². The molecule has 0 saturated heterocycles. The minimum atomic E-state index is -3.64. The zero-order valence-corrected chi connectivity index (χ0v) is 18.4. The van der Waals surface area contributed by atoms with E-state index in [2.05, 4.69) is 15.5 Å². The van der Waals surface area contributed by atoms with E-state index in [9.17, 15) is 13.2 Å². The van der Waals surface area contributed by atoms with E-state index in [1.165, 1.54) is 24.3 Å². The molecule has 32 heavy (non-hydrogen) atoms. The van der Waals surface area contributed by atoms with Gasteiger partial charge in [0.1, 0.15) is 0 Å². The number of para-hydroxylation sites is 1. The summed E-state index contributed by atoms with van der Waals surface area (Å²) in [7, 11) is -3.64. The van der Waals surface area contributed by atoms with Gasteiger partial charge in [-0.3, -0.25) is 10.1 Å². The van der Waals surface area contributed by atoms with Crippen LogP contribution in [0.2, 0.25) is 5.02 Å². The molecule has 0 saturated carbocycles. The highest BCUT2D eigenvalue weighted by Crippen LogP contribution is 2.33. The van der Waals surface area contributed by atoms with Gasteiger partial charge in [0.05, 0.1) is 17.3 Å². The maximum Gasteiger partial charge on any atom is 0.322 e. The molecular weight excluding hydrogens is 458 g/mol. The van der Waals surface area contributed by atoms with Crippen molar-refractivity contribution in [3.05, 3.63) is 53.6 Å². The molecule has 1 N–H and O–H groups in total. The molecule has 0 unspecified atom stereocenters. The van der Waals surface area contributed by atoms with Crippen molar-refractivity contribution in [1.82, 2.24) is 10.2 Å². The van der Waals surface area contributed by atoms with Gasteiger partial charge >= 0.3 is 6.01 Å². The molecule has 166 valence electrons. The molecule has 0 aliphatic carbocycles. The number of fused-ring (bicyclic) bond motifs is 1. The van der Waals surface area contributed by atoms with Gasteiger partial charge in [-0.25, -0.2) is 8.42 Å². The maximum absolute atomic E-state index is 12.4. The number of anilines is 1. The predicted octanol–water partition coefficient (Wildman–Crippen LogP) is 4.34. The number of carbonyl (C=O) groups excluding carboxylic acids is 1. The second kappa shape index (κ2) is 9.01. The molecule has 1 amide bonds. The van der Waals surface area contributed by atoms with Crippen molar-refractivity contribution >= 4 is 44.3 Å². The van der Waals surface area contributed by atoms with Gasteiger partial charge < -0.3 is 13.6 Å². The van der Waals surface area contributed by atoms with Gasteiger partial charge in [0.2, 0.25) is 5.91 Å². The van der Waals surface area contributed by atoms with Crippen LogP contribution in [0.5, 0.6) is 5.75 Å². The van der Waals surface area contributed by atoms with Crippen molar-refractivity contribution in [2.45, 2.75) is 18.2 Å². The maximum atomic E-state index is 12.4. The molecule has 0 atom stereocenters. The first-order valence-electron chi connectivity index (χ1n) is 9.63. The highest BCUT2D eigenvalue weighted by Gasteiger charge is 2.19. The Hall–Kier alpha value is -3.37. The quantitative estimate of drug-likeness (QED) is 0.399. The first-order valence-corrected chi connectivity index (χ1v) is 11.7. The molecule has 0 radical (unpaired) electrons. The third kappa shape index (κ3) is 4.76. The average Bonchev–Trinajstić information content (AvgIpc) is 3.40. The third-order valence-electron chi connectivity index (χ3n) is 4.46. The second-order valence-electron chi connectivity index (χ2n) is 6.70. The molecule has 0 aliphatic heterocycles. The second-order valence-corrected chi connectivity index (χ2v) is 9.25. The number of rotatable bonds is 8. The Morgan fingerprint density at radius 3 is 2.66 bits per heavy atom. The summed E-state index contributed by atoms with van der Waals surface area (Å²) in [4.78, 5) is 12.3. The fourth-order valence-electron chi connectivity index (χ4n) is 2.95. The summed E-state index contributed by atoms with van der Waals surface area (Å²) in [6.45, 7) is 2.36. The summed E-state index contributed by atoms with van der Waals surface area (Å²) in [5.41, 5.74) is 0.542. The number of hydrogen-bond donors (Lipinski definition) is 1. The SMILES string of the molecule is CCOc1cccc2cc(-c3nnc(NC(=O)CCS(=O)(=O)c4ccc(Cl)cc4)o3)oc12. The first kappa shape index (κ1) is 21.8. The van der Waals surface area contributed by atoms with E-state index >= 15 is 0 Å². The van der Waals surface area contributed by atoms with E-state index < -0.39 is 15.7 Å². The van der Waals surface area contributed by atoms with Gasteiger partial charge in [-0.1, -0.05) is 28.8 Å². The van der Waals surface area contributed by atoms with Crippen LogP contribution in [0.25, 0.3) is 22.6 Å². The summed E-state index contributed by atoms with van der Waals surface area (Å²) in [5.74, 6) is -0.00372. The van der Waals surface area contributed by atoms with E-state index in [1.54, 1.807) is 12.1 Å².